The summed E-state index contributed by atoms with van der Waals surface area (Å²) in [6, 6.07) is 2.06. The predicted molar refractivity (Wildman–Crippen MR) is 90.6 cm³/mol. The molecule has 0 bridgehead atoms. The number of benzene rings is 1. The van der Waals surface area contributed by atoms with Crippen molar-refractivity contribution in [2.45, 2.75) is 18.2 Å². The Hall–Kier alpha value is -3.07. The summed E-state index contributed by atoms with van der Waals surface area (Å²) in [6.45, 7) is 1.29. The third kappa shape index (κ3) is 4.51. The van der Waals surface area contributed by atoms with Gasteiger partial charge in [-0.25, -0.2) is 19.6 Å². The number of hydrogen-bond acceptors (Lipinski definition) is 8. The number of para-hydroxylation sites is 1. The summed E-state index contributed by atoms with van der Waals surface area (Å²) in [5.41, 5.74) is 1.16. The predicted octanol–water partition coefficient (Wildman–Crippen LogP) is 0.673. The van der Waals surface area contributed by atoms with Crippen molar-refractivity contribution < 1.29 is 35.9 Å². The van der Waals surface area contributed by atoms with Crippen LogP contribution in [-0.4, -0.2) is 53.2 Å². The number of amides is 1. The number of hydrazine groups is 1. The molecule has 15 heteroatoms. The van der Waals surface area contributed by atoms with Gasteiger partial charge < -0.3 is 9.47 Å². The first-order valence-corrected chi connectivity index (χ1v) is 9.26. The van der Waals surface area contributed by atoms with Crippen molar-refractivity contribution in [1.29, 1.82) is 0 Å². The largest absolute Gasteiger partial charge is 0.573 e. The number of methoxy groups -OCH3 is 1. The zero-order valence-electron chi connectivity index (χ0n) is 15.3. The standard InChI is InChI=1S/C14H16F3N5O6S/c1-4-18-22(13(24)21-12(23)20(2)11(19-21)27-3)29(25,26)10-8-6-5-7-9(10)28-14(15,16)17/h5-8,18H,4H2,1-3H3. The van der Waals surface area contributed by atoms with Crippen LogP contribution in [0.25, 0.3) is 0 Å². The molecule has 1 amide bonds. The molecule has 1 aromatic heterocycles. The number of nitrogens with zero attached hydrogens (tertiary/aromatic N) is 4. The Morgan fingerprint density at radius 3 is 2.45 bits per heavy atom. The van der Waals surface area contributed by atoms with E-state index in [-0.39, 0.29) is 21.7 Å². The van der Waals surface area contributed by atoms with Crippen LogP contribution < -0.4 is 20.6 Å². The molecule has 11 nitrogen and oxygen atoms in total. The van der Waals surface area contributed by atoms with Gasteiger partial charge in [-0.05, 0) is 12.1 Å². The second-order valence-corrected chi connectivity index (χ2v) is 7.05. The van der Waals surface area contributed by atoms with Crippen LogP contribution in [0.1, 0.15) is 6.92 Å². The molecule has 0 atom stereocenters. The SMILES string of the molecule is CCNN(C(=O)n1nc(OC)n(C)c1=O)S(=O)(=O)c1ccccc1OC(F)(F)F. The summed E-state index contributed by atoms with van der Waals surface area (Å²) < 4.78 is 73.3. The number of alkyl halides is 3. The van der Waals surface area contributed by atoms with Crippen LogP contribution >= 0.6 is 0 Å². The Bertz CT molecular complexity index is 1060. The number of nitrogens with one attached hydrogen (secondary N) is 1. The summed E-state index contributed by atoms with van der Waals surface area (Å²) in [7, 11) is -2.56. The van der Waals surface area contributed by atoms with Gasteiger partial charge in [0.15, 0.2) is 0 Å². The van der Waals surface area contributed by atoms with E-state index in [9.17, 15) is 31.2 Å². The molecule has 1 heterocycles. The number of aromatic nitrogens is 3. The second-order valence-electron chi connectivity index (χ2n) is 5.30. The van der Waals surface area contributed by atoms with Gasteiger partial charge in [0.1, 0.15) is 10.6 Å². The van der Waals surface area contributed by atoms with Gasteiger partial charge in [-0.2, -0.15) is 8.42 Å². The van der Waals surface area contributed by atoms with Gasteiger partial charge in [-0.1, -0.05) is 19.1 Å². The van der Waals surface area contributed by atoms with Crippen LogP contribution in [0.3, 0.4) is 0 Å². The molecule has 0 aliphatic heterocycles. The minimum atomic E-state index is -5.18. The highest BCUT2D eigenvalue weighted by molar-refractivity contribution is 7.89. The van der Waals surface area contributed by atoms with Crippen molar-refractivity contribution >= 4 is 16.1 Å². The van der Waals surface area contributed by atoms with E-state index in [0.717, 1.165) is 28.8 Å². The number of rotatable bonds is 6. The first-order valence-electron chi connectivity index (χ1n) is 7.82. The second kappa shape index (κ2) is 8.12. The highest BCUT2D eigenvalue weighted by atomic mass is 32.2. The average Bonchev–Trinajstić information content (AvgIpc) is 2.92. The van der Waals surface area contributed by atoms with Crippen LogP contribution in [0.15, 0.2) is 34.0 Å². The summed E-state index contributed by atoms with van der Waals surface area (Å²) >= 11 is 0. The molecule has 1 N–H and O–H groups in total. The summed E-state index contributed by atoms with van der Waals surface area (Å²) in [4.78, 5) is 23.9. The van der Waals surface area contributed by atoms with Crippen LogP contribution in [0.4, 0.5) is 18.0 Å². The Kier molecular flexibility index (Phi) is 6.22. The quantitative estimate of drug-likeness (QED) is 0.652. The molecule has 160 valence electrons. The highest BCUT2D eigenvalue weighted by Gasteiger charge is 2.38. The number of sulfonamides is 1. The maximum atomic E-state index is 12.9. The maximum absolute atomic E-state index is 12.9. The van der Waals surface area contributed by atoms with Gasteiger partial charge in [-0.3, -0.25) is 0 Å². The lowest BCUT2D eigenvalue weighted by atomic mass is 10.3. The zero-order chi connectivity index (χ0) is 22.0. The molecule has 0 radical (unpaired) electrons. The molecule has 0 aliphatic carbocycles. The normalized spacial score (nSPS) is 11.9. The Balaban J connectivity index is 2.59. The Morgan fingerprint density at radius 1 is 1.31 bits per heavy atom. The molecule has 0 spiro atoms. The molecule has 29 heavy (non-hydrogen) atoms. The van der Waals surface area contributed by atoms with Gasteiger partial charge in [0, 0.05) is 13.6 Å². The van der Waals surface area contributed by atoms with Gasteiger partial charge >= 0.3 is 24.1 Å². The van der Waals surface area contributed by atoms with E-state index in [2.05, 4.69) is 15.3 Å². The molecule has 0 unspecified atom stereocenters. The smallest absolute Gasteiger partial charge is 0.467 e. The summed E-state index contributed by atoms with van der Waals surface area (Å²) in [5, 5.41) is 3.56. The first-order chi connectivity index (χ1) is 13.4. The Morgan fingerprint density at radius 2 is 1.93 bits per heavy atom. The monoisotopic (exact) mass is 439 g/mol. The lowest BCUT2D eigenvalue weighted by Crippen LogP contribution is -2.51. The van der Waals surface area contributed by atoms with E-state index in [4.69, 9.17) is 4.74 Å². The van der Waals surface area contributed by atoms with Crippen molar-refractivity contribution in [3.05, 3.63) is 34.7 Å². The number of hydrogen-bond donors (Lipinski definition) is 1. The molecular formula is C14H16F3N5O6S. The maximum Gasteiger partial charge on any atom is 0.573 e. The molecule has 1 aromatic carbocycles. The number of halogens is 3. The fourth-order valence-electron chi connectivity index (χ4n) is 2.18. The third-order valence-electron chi connectivity index (χ3n) is 3.37. The van der Waals surface area contributed by atoms with Crippen molar-refractivity contribution in [3.63, 3.8) is 0 Å². The minimum absolute atomic E-state index is 0.000588. The summed E-state index contributed by atoms with van der Waals surface area (Å²) in [5.74, 6) is -1.05. The molecule has 0 fully saturated rings. The minimum Gasteiger partial charge on any atom is -0.467 e. The van der Waals surface area contributed by atoms with E-state index in [1.165, 1.54) is 21.1 Å². The average molecular weight is 439 g/mol. The lowest BCUT2D eigenvalue weighted by Gasteiger charge is -2.22. The van der Waals surface area contributed by atoms with E-state index in [1.54, 1.807) is 0 Å². The molecule has 2 rings (SSSR count). The molecular weight excluding hydrogens is 423 g/mol. The highest BCUT2D eigenvalue weighted by Crippen LogP contribution is 2.31. The van der Waals surface area contributed by atoms with Crippen molar-refractivity contribution in [3.8, 4) is 11.8 Å². The summed E-state index contributed by atoms with van der Waals surface area (Å²) in [6.07, 6.45) is -5.18. The van der Waals surface area contributed by atoms with Crippen molar-refractivity contribution in [1.82, 2.24) is 24.2 Å². The van der Waals surface area contributed by atoms with Gasteiger partial charge in [0.2, 0.25) is 0 Å². The zero-order valence-corrected chi connectivity index (χ0v) is 16.1. The van der Waals surface area contributed by atoms with Crippen LogP contribution in [-0.2, 0) is 17.1 Å². The van der Waals surface area contributed by atoms with E-state index in [0.29, 0.717) is 0 Å². The molecule has 2 aromatic rings. The van der Waals surface area contributed by atoms with Gasteiger partial charge in [-0.15, -0.1) is 27.4 Å². The lowest BCUT2D eigenvalue weighted by molar-refractivity contribution is -0.275. The van der Waals surface area contributed by atoms with Crippen LogP contribution in [0.5, 0.6) is 11.8 Å². The van der Waals surface area contributed by atoms with Crippen LogP contribution in [0.2, 0.25) is 0 Å². The fraction of sp³-hybridized carbons (Fsp3) is 0.357. The first kappa shape index (κ1) is 22.2. The van der Waals surface area contributed by atoms with Gasteiger partial charge in [0.25, 0.3) is 10.0 Å². The number of carbonyl (C=O) groups is 1. The van der Waals surface area contributed by atoms with E-state index < -0.39 is 38.8 Å². The van der Waals surface area contributed by atoms with Crippen LogP contribution in [0, 0.1) is 0 Å². The van der Waals surface area contributed by atoms with Crippen molar-refractivity contribution in [2.75, 3.05) is 13.7 Å². The fourth-order valence-corrected chi connectivity index (χ4v) is 3.57. The van der Waals surface area contributed by atoms with Gasteiger partial charge in [0.05, 0.1) is 7.11 Å². The Labute approximate surface area is 162 Å². The third-order valence-corrected chi connectivity index (χ3v) is 5.03. The van der Waals surface area contributed by atoms with E-state index in [1.807, 2.05) is 0 Å². The molecule has 0 saturated heterocycles. The molecule has 0 saturated carbocycles. The number of carbonyl (C=O) groups excluding carboxylic acids is 1. The number of ether oxygens (including phenoxy) is 2. The van der Waals surface area contributed by atoms with E-state index >= 15 is 0 Å². The topological polar surface area (TPSA) is 125 Å². The molecule has 0 aliphatic rings. The van der Waals surface area contributed by atoms with Crippen molar-refractivity contribution in [2.24, 2.45) is 7.05 Å².